The molecule has 0 aromatic heterocycles. The molecule has 3 aliphatic carbocycles. The molecule has 3 saturated carbocycles. The van der Waals surface area contributed by atoms with E-state index < -0.39 is 12.2 Å². The Bertz CT molecular complexity index is 564. The average molecular weight is 320 g/mol. The molecule has 128 valence electrons. The SMILES string of the molecule is C=C1C2C3C(C(OC(C)=O)[C@@H]1OC(C)=O)C2(C)CCCC3(C)C. The maximum atomic E-state index is 11.7. The van der Waals surface area contributed by atoms with Crippen molar-refractivity contribution in [3.05, 3.63) is 12.2 Å². The zero-order valence-electron chi connectivity index (χ0n) is 14.8. The van der Waals surface area contributed by atoms with E-state index in [4.69, 9.17) is 9.47 Å². The topological polar surface area (TPSA) is 52.6 Å². The van der Waals surface area contributed by atoms with E-state index in [0.29, 0.717) is 11.8 Å². The van der Waals surface area contributed by atoms with Crippen LogP contribution in [0.4, 0.5) is 0 Å². The number of ether oxygens (including phenoxy) is 2. The quantitative estimate of drug-likeness (QED) is 0.577. The number of esters is 2. The molecule has 0 N–H and O–H groups in total. The smallest absolute Gasteiger partial charge is 0.303 e. The molecule has 3 fully saturated rings. The van der Waals surface area contributed by atoms with E-state index in [1.54, 1.807) is 0 Å². The minimum Gasteiger partial charge on any atom is -0.458 e. The van der Waals surface area contributed by atoms with Gasteiger partial charge in [-0.25, -0.2) is 0 Å². The molecular weight excluding hydrogens is 292 g/mol. The second kappa shape index (κ2) is 5.09. The van der Waals surface area contributed by atoms with E-state index in [1.807, 2.05) is 0 Å². The Morgan fingerprint density at radius 3 is 2.22 bits per heavy atom. The van der Waals surface area contributed by atoms with Gasteiger partial charge in [0.2, 0.25) is 0 Å². The standard InChI is InChI=1S/C19H28O4/c1-10-13-14-15(19(13,6)9-7-8-18(14,4)5)17(23-12(3)21)16(10)22-11(2)20/h13-17H,1,7-9H2,2-6H3/t13?,14?,15?,16-,17?,19?/m1/s1. The lowest BCUT2D eigenvalue weighted by Gasteiger charge is -2.69. The summed E-state index contributed by atoms with van der Waals surface area (Å²) in [5.74, 6) is 0.369. The number of hydrogen-bond donors (Lipinski definition) is 0. The van der Waals surface area contributed by atoms with Crippen LogP contribution in [-0.2, 0) is 19.1 Å². The van der Waals surface area contributed by atoms with Gasteiger partial charge < -0.3 is 9.47 Å². The van der Waals surface area contributed by atoms with Gasteiger partial charge in [-0.3, -0.25) is 9.59 Å². The molecule has 5 unspecified atom stereocenters. The van der Waals surface area contributed by atoms with E-state index in [1.165, 1.54) is 26.7 Å². The van der Waals surface area contributed by atoms with Crippen molar-refractivity contribution in [3.8, 4) is 0 Å². The summed E-state index contributed by atoms with van der Waals surface area (Å²) in [6.45, 7) is 14.0. The predicted molar refractivity (Wildman–Crippen MR) is 86.5 cm³/mol. The Morgan fingerprint density at radius 1 is 1.04 bits per heavy atom. The first-order valence-corrected chi connectivity index (χ1v) is 8.63. The zero-order valence-corrected chi connectivity index (χ0v) is 14.8. The summed E-state index contributed by atoms with van der Waals surface area (Å²) in [6, 6.07) is 0. The van der Waals surface area contributed by atoms with E-state index in [2.05, 4.69) is 27.4 Å². The molecule has 6 atom stereocenters. The fourth-order valence-electron chi connectivity index (χ4n) is 5.93. The molecule has 0 radical (unpaired) electrons. The van der Waals surface area contributed by atoms with Gasteiger partial charge in [-0.1, -0.05) is 33.8 Å². The molecule has 0 aromatic rings. The number of carbonyl (C=O) groups excluding carboxylic acids is 2. The van der Waals surface area contributed by atoms with Gasteiger partial charge in [0.15, 0.2) is 6.10 Å². The van der Waals surface area contributed by atoms with Crippen molar-refractivity contribution in [3.63, 3.8) is 0 Å². The monoisotopic (exact) mass is 320 g/mol. The molecule has 4 nitrogen and oxygen atoms in total. The average Bonchev–Trinajstić information content (AvgIpc) is 2.55. The van der Waals surface area contributed by atoms with Crippen LogP contribution in [0, 0.1) is 28.6 Å². The van der Waals surface area contributed by atoms with E-state index >= 15 is 0 Å². The lowest BCUT2D eigenvalue weighted by molar-refractivity contribution is -0.245. The van der Waals surface area contributed by atoms with Gasteiger partial charge in [0.05, 0.1) is 0 Å². The van der Waals surface area contributed by atoms with Gasteiger partial charge in [0.25, 0.3) is 0 Å². The van der Waals surface area contributed by atoms with E-state index in [-0.39, 0.29) is 28.7 Å². The van der Waals surface area contributed by atoms with Crippen LogP contribution in [0.1, 0.15) is 53.9 Å². The molecule has 4 heteroatoms. The van der Waals surface area contributed by atoms with Crippen LogP contribution >= 0.6 is 0 Å². The van der Waals surface area contributed by atoms with Crippen molar-refractivity contribution in [1.29, 1.82) is 0 Å². The van der Waals surface area contributed by atoms with Crippen molar-refractivity contribution < 1.29 is 19.1 Å². The highest BCUT2D eigenvalue weighted by molar-refractivity contribution is 5.68. The number of rotatable bonds is 2. The lowest BCUT2D eigenvalue weighted by atomic mass is 9.36. The number of carbonyl (C=O) groups is 2. The fraction of sp³-hybridized carbons (Fsp3) is 0.789. The first-order valence-electron chi connectivity index (χ1n) is 8.63. The minimum atomic E-state index is -0.496. The molecule has 3 rings (SSSR count). The third-order valence-electron chi connectivity index (χ3n) is 6.67. The summed E-state index contributed by atoms with van der Waals surface area (Å²) in [5, 5.41) is 0. The summed E-state index contributed by atoms with van der Waals surface area (Å²) < 4.78 is 11.2. The number of fused-ring (bicyclic) bond motifs is 1. The van der Waals surface area contributed by atoms with Gasteiger partial charge in [0, 0.05) is 19.8 Å². The molecule has 0 heterocycles. The van der Waals surface area contributed by atoms with Crippen LogP contribution in [0.5, 0.6) is 0 Å². The second-order valence-electron chi connectivity index (χ2n) is 8.56. The van der Waals surface area contributed by atoms with Crippen molar-refractivity contribution in [2.75, 3.05) is 0 Å². The van der Waals surface area contributed by atoms with Crippen molar-refractivity contribution in [1.82, 2.24) is 0 Å². The molecule has 0 spiro atoms. The third-order valence-corrected chi connectivity index (χ3v) is 6.67. The second-order valence-corrected chi connectivity index (χ2v) is 8.56. The van der Waals surface area contributed by atoms with Crippen molar-refractivity contribution >= 4 is 11.9 Å². The summed E-state index contributed by atoms with van der Waals surface area (Å²) in [5.41, 5.74) is 1.23. The third kappa shape index (κ3) is 2.25. The van der Waals surface area contributed by atoms with Crippen LogP contribution in [0.2, 0.25) is 0 Å². The highest BCUT2D eigenvalue weighted by Crippen LogP contribution is 2.73. The normalized spacial score (nSPS) is 43.9. The van der Waals surface area contributed by atoms with E-state index in [0.717, 1.165) is 12.0 Å². The molecule has 0 amide bonds. The highest BCUT2D eigenvalue weighted by Gasteiger charge is 2.72. The summed E-state index contributed by atoms with van der Waals surface area (Å²) in [6.07, 6.45) is 2.58. The van der Waals surface area contributed by atoms with Crippen LogP contribution in [0.25, 0.3) is 0 Å². The van der Waals surface area contributed by atoms with Crippen LogP contribution in [0.15, 0.2) is 12.2 Å². The molecule has 3 aliphatic rings. The summed E-state index contributed by atoms with van der Waals surface area (Å²) in [7, 11) is 0. The summed E-state index contributed by atoms with van der Waals surface area (Å²) >= 11 is 0. The Morgan fingerprint density at radius 2 is 1.65 bits per heavy atom. The highest BCUT2D eigenvalue weighted by atomic mass is 16.6. The first kappa shape index (κ1) is 16.5. The lowest BCUT2D eigenvalue weighted by Crippen LogP contribution is -2.71. The van der Waals surface area contributed by atoms with Crippen molar-refractivity contribution in [2.24, 2.45) is 28.6 Å². The summed E-state index contributed by atoms with van der Waals surface area (Å²) in [4.78, 5) is 23.2. The number of hydrogen-bond acceptors (Lipinski definition) is 4. The van der Waals surface area contributed by atoms with Crippen LogP contribution in [0.3, 0.4) is 0 Å². The molecule has 0 aromatic carbocycles. The Hall–Kier alpha value is -1.32. The zero-order chi connectivity index (χ0) is 17.2. The van der Waals surface area contributed by atoms with Gasteiger partial charge >= 0.3 is 11.9 Å². The largest absolute Gasteiger partial charge is 0.458 e. The first-order chi connectivity index (χ1) is 10.6. The van der Waals surface area contributed by atoms with Gasteiger partial charge in [0.1, 0.15) is 6.10 Å². The van der Waals surface area contributed by atoms with Crippen LogP contribution in [-0.4, -0.2) is 24.1 Å². The van der Waals surface area contributed by atoms with Gasteiger partial charge in [-0.2, -0.15) is 0 Å². The fourth-order valence-corrected chi connectivity index (χ4v) is 5.93. The molecule has 0 saturated heterocycles. The molecule has 23 heavy (non-hydrogen) atoms. The van der Waals surface area contributed by atoms with Crippen LogP contribution < -0.4 is 0 Å². The van der Waals surface area contributed by atoms with Crippen molar-refractivity contribution in [2.45, 2.75) is 66.1 Å². The minimum absolute atomic E-state index is 0.103. The predicted octanol–water partition coefficient (Wildman–Crippen LogP) is 3.50. The maximum Gasteiger partial charge on any atom is 0.303 e. The Labute approximate surface area is 138 Å². The molecule has 4 bridgehead atoms. The van der Waals surface area contributed by atoms with E-state index in [9.17, 15) is 9.59 Å². The van der Waals surface area contributed by atoms with Gasteiger partial charge in [-0.05, 0) is 41.1 Å². The maximum absolute atomic E-state index is 11.7. The molecule has 0 aliphatic heterocycles. The Balaban J connectivity index is 2.03. The van der Waals surface area contributed by atoms with Gasteiger partial charge in [-0.15, -0.1) is 0 Å². The Kier molecular flexibility index (Phi) is 3.66. The molecular formula is C19H28O4.